The third kappa shape index (κ3) is 2.85. The monoisotopic (exact) mass is 217 g/mol. The van der Waals surface area contributed by atoms with Crippen LogP contribution in [0.25, 0.3) is 0 Å². The van der Waals surface area contributed by atoms with Crippen LogP contribution in [0.5, 0.6) is 5.75 Å². The molecule has 0 saturated heterocycles. The van der Waals surface area contributed by atoms with E-state index in [0.717, 1.165) is 17.4 Å². The molecule has 0 aliphatic carbocycles. The fourth-order valence-corrected chi connectivity index (χ4v) is 1.59. The molecule has 0 aliphatic rings. The van der Waals surface area contributed by atoms with E-state index in [9.17, 15) is 4.79 Å². The van der Waals surface area contributed by atoms with E-state index in [1.807, 2.05) is 13.0 Å². The summed E-state index contributed by atoms with van der Waals surface area (Å²) in [5.41, 5.74) is 8.14. The number of ether oxygens (including phenoxy) is 1. The highest BCUT2D eigenvalue weighted by Gasteiger charge is 2.08. The molecular weight excluding hydrogens is 202 g/mol. The van der Waals surface area contributed by atoms with Crippen LogP contribution in [0.1, 0.15) is 21.5 Å². The summed E-state index contributed by atoms with van der Waals surface area (Å²) in [6.07, 6.45) is 6.65. The Balaban J connectivity index is 3.12. The van der Waals surface area contributed by atoms with Crippen molar-refractivity contribution in [2.75, 3.05) is 13.2 Å². The van der Waals surface area contributed by atoms with Gasteiger partial charge in [-0.2, -0.15) is 0 Å². The summed E-state index contributed by atoms with van der Waals surface area (Å²) >= 11 is 0. The van der Waals surface area contributed by atoms with Crippen molar-refractivity contribution in [2.45, 2.75) is 13.3 Å². The largest absolute Gasteiger partial charge is 0.481 e. The van der Waals surface area contributed by atoms with Gasteiger partial charge in [-0.15, -0.1) is 6.42 Å². The number of aldehydes is 1. The van der Waals surface area contributed by atoms with Crippen molar-refractivity contribution in [1.82, 2.24) is 0 Å². The van der Waals surface area contributed by atoms with Crippen LogP contribution in [0.4, 0.5) is 0 Å². The van der Waals surface area contributed by atoms with E-state index >= 15 is 0 Å². The molecule has 0 heterocycles. The van der Waals surface area contributed by atoms with Crippen molar-refractivity contribution in [2.24, 2.45) is 5.73 Å². The molecule has 0 radical (unpaired) electrons. The number of carbonyl (C=O) groups excluding carboxylic acids is 1. The van der Waals surface area contributed by atoms with Gasteiger partial charge in [-0.25, -0.2) is 0 Å². The molecule has 0 bridgehead atoms. The zero-order valence-corrected chi connectivity index (χ0v) is 9.32. The fourth-order valence-electron chi connectivity index (χ4n) is 1.59. The van der Waals surface area contributed by atoms with Crippen LogP contribution in [-0.4, -0.2) is 19.4 Å². The predicted octanol–water partition coefficient (Wildman–Crippen LogP) is 1.32. The number of hydrogen-bond donors (Lipinski definition) is 1. The normalized spacial score (nSPS) is 9.56. The molecule has 0 saturated carbocycles. The van der Waals surface area contributed by atoms with Crippen LogP contribution in [-0.2, 0) is 6.42 Å². The van der Waals surface area contributed by atoms with Crippen LogP contribution < -0.4 is 10.5 Å². The van der Waals surface area contributed by atoms with E-state index in [2.05, 4.69) is 5.92 Å². The summed E-state index contributed by atoms with van der Waals surface area (Å²) in [5, 5.41) is 0. The molecule has 0 aliphatic heterocycles. The van der Waals surface area contributed by atoms with E-state index in [1.165, 1.54) is 0 Å². The van der Waals surface area contributed by atoms with Gasteiger partial charge in [0.15, 0.2) is 0 Å². The number of benzene rings is 1. The third-order valence-electron chi connectivity index (χ3n) is 2.30. The second kappa shape index (κ2) is 5.94. The van der Waals surface area contributed by atoms with Gasteiger partial charge in [0.1, 0.15) is 18.6 Å². The molecular formula is C13H15NO2. The molecule has 0 spiro atoms. The summed E-state index contributed by atoms with van der Waals surface area (Å²) in [6, 6.07) is 3.52. The van der Waals surface area contributed by atoms with Crippen molar-refractivity contribution in [3.05, 3.63) is 28.8 Å². The molecule has 16 heavy (non-hydrogen) atoms. The molecule has 84 valence electrons. The molecule has 0 amide bonds. The maximum absolute atomic E-state index is 10.7. The van der Waals surface area contributed by atoms with E-state index in [1.54, 1.807) is 6.07 Å². The fraction of sp³-hybridized carbons (Fsp3) is 0.308. The first kappa shape index (κ1) is 12.3. The Bertz CT molecular complexity index is 419. The lowest BCUT2D eigenvalue weighted by atomic mass is 10.0. The van der Waals surface area contributed by atoms with Crippen molar-refractivity contribution in [3.63, 3.8) is 0 Å². The first-order valence-electron chi connectivity index (χ1n) is 5.08. The van der Waals surface area contributed by atoms with Gasteiger partial charge in [0.05, 0.1) is 0 Å². The standard InChI is InChI=1S/C13H15NO2/c1-3-6-16-13-8-11(9-15)7-10(2)12(13)4-5-14/h1,7-9H,4-6,14H2,2H3. The van der Waals surface area contributed by atoms with Gasteiger partial charge >= 0.3 is 0 Å². The first-order valence-corrected chi connectivity index (χ1v) is 5.08. The van der Waals surface area contributed by atoms with Crippen molar-refractivity contribution in [3.8, 4) is 18.1 Å². The van der Waals surface area contributed by atoms with Gasteiger partial charge in [-0.3, -0.25) is 4.79 Å². The lowest BCUT2D eigenvalue weighted by Crippen LogP contribution is -2.08. The number of nitrogens with two attached hydrogens (primary N) is 1. The third-order valence-corrected chi connectivity index (χ3v) is 2.30. The van der Waals surface area contributed by atoms with Gasteiger partial charge in [-0.05, 0) is 43.1 Å². The number of rotatable bonds is 5. The molecule has 1 aromatic carbocycles. The zero-order valence-electron chi connectivity index (χ0n) is 9.32. The van der Waals surface area contributed by atoms with Gasteiger partial charge in [0.25, 0.3) is 0 Å². The Morgan fingerprint density at radius 1 is 1.56 bits per heavy atom. The van der Waals surface area contributed by atoms with E-state index in [0.29, 0.717) is 24.3 Å². The molecule has 0 aromatic heterocycles. The van der Waals surface area contributed by atoms with Gasteiger partial charge in [0, 0.05) is 5.56 Å². The predicted molar refractivity (Wildman–Crippen MR) is 63.7 cm³/mol. The Hall–Kier alpha value is -1.79. The van der Waals surface area contributed by atoms with E-state index in [-0.39, 0.29) is 6.61 Å². The van der Waals surface area contributed by atoms with Crippen LogP contribution >= 0.6 is 0 Å². The van der Waals surface area contributed by atoms with Gasteiger partial charge < -0.3 is 10.5 Å². The molecule has 3 nitrogen and oxygen atoms in total. The quantitative estimate of drug-likeness (QED) is 0.598. The van der Waals surface area contributed by atoms with E-state index < -0.39 is 0 Å². The maximum Gasteiger partial charge on any atom is 0.150 e. The van der Waals surface area contributed by atoms with Crippen molar-refractivity contribution < 1.29 is 9.53 Å². The first-order chi connectivity index (χ1) is 7.72. The summed E-state index contributed by atoms with van der Waals surface area (Å²) in [6.45, 7) is 2.66. The minimum absolute atomic E-state index is 0.194. The molecule has 1 rings (SSSR count). The minimum atomic E-state index is 0.194. The Morgan fingerprint density at radius 3 is 2.88 bits per heavy atom. The highest BCUT2D eigenvalue weighted by molar-refractivity contribution is 5.76. The second-order valence-electron chi connectivity index (χ2n) is 3.46. The molecule has 0 unspecified atom stereocenters. The molecule has 2 N–H and O–H groups in total. The topological polar surface area (TPSA) is 52.3 Å². The average Bonchev–Trinajstić information content (AvgIpc) is 2.29. The smallest absolute Gasteiger partial charge is 0.150 e. The minimum Gasteiger partial charge on any atom is -0.481 e. The Kier molecular flexibility index (Phi) is 4.56. The Morgan fingerprint density at radius 2 is 2.31 bits per heavy atom. The van der Waals surface area contributed by atoms with Crippen LogP contribution in [0.2, 0.25) is 0 Å². The number of carbonyl (C=O) groups is 1. The zero-order chi connectivity index (χ0) is 12.0. The van der Waals surface area contributed by atoms with Crippen LogP contribution in [0.15, 0.2) is 12.1 Å². The highest BCUT2D eigenvalue weighted by Crippen LogP contribution is 2.24. The summed E-state index contributed by atoms with van der Waals surface area (Å²) in [7, 11) is 0. The number of aryl methyl sites for hydroxylation is 1. The SMILES string of the molecule is C#CCOc1cc(C=O)cc(C)c1CCN. The summed E-state index contributed by atoms with van der Waals surface area (Å²) in [4.78, 5) is 10.7. The van der Waals surface area contributed by atoms with Crippen molar-refractivity contribution >= 4 is 6.29 Å². The maximum atomic E-state index is 10.7. The molecule has 0 fully saturated rings. The van der Waals surface area contributed by atoms with Gasteiger partial charge in [0.2, 0.25) is 0 Å². The summed E-state index contributed by atoms with van der Waals surface area (Å²) < 4.78 is 5.41. The number of hydrogen-bond acceptors (Lipinski definition) is 3. The van der Waals surface area contributed by atoms with Crippen LogP contribution in [0.3, 0.4) is 0 Å². The Labute approximate surface area is 95.6 Å². The van der Waals surface area contributed by atoms with E-state index in [4.69, 9.17) is 16.9 Å². The highest BCUT2D eigenvalue weighted by atomic mass is 16.5. The number of terminal acetylenes is 1. The lowest BCUT2D eigenvalue weighted by molar-refractivity contribution is 0.112. The van der Waals surface area contributed by atoms with Crippen molar-refractivity contribution in [1.29, 1.82) is 0 Å². The second-order valence-corrected chi connectivity index (χ2v) is 3.46. The average molecular weight is 217 g/mol. The lowest BCUT2D eigenvalue weighted by Gasteiger charge is -2.12. The van der Waals surface area contributed by atoms with Crippen LogP contribution in [0, 0.1) is 19.3 Å². The summed E-state index contributed by atoms with van der Waals surface area (Å²) in [5.74, 6) is 3.06. The molecule has 0 atom stereocenters. The van der Waals surface area contributed by atoms with Gasteiger partial charge in [-0.1, -0.05) is 5.92 Å². The molecule has 1 aromatic rings. The molecule has 3 heteroatoms.